The lowest BCUT2D eigenvalue weighted by Gasteiger charge is -2.10. The molecule has 0 aliphatic carbocycles. The molecule has 0 atom stereocenters. The van der Waals surface area contributed by atoms with Crippen molar-refractivity contribution in [1.82, 2.24) is 4.90 Å². The Balaban J connectivity index is 1.97. The van der Waals surface area contributed by atoms with Crippen LogP contribution in [0.3, 0.4) is 0 Å². The molecule has 3 rings (SSSR count). The number of amides is 2. The number of benzene rings is 2. The number of carbonyl (C=O) groups excluding carboxylic acids is 2. The monoisotopic (exact) mass is 350 g/mol. The highest BCUT2D eigenvalue weighted by Crippen LogP contribution is 2.30. The van der Waals surface area contributed by atoms with Gasteiger partial charge in [-0.25, -0.2) is 0 Å². The molecular weight excluding hydrogens is 328 g/mol. The van der Waals surface area contributed by atoms with Crippen LogP contribution in [0.15, 0.2) is 54.2 Å². The largest absolute Gasteiger partial charge is 0.494 e. The maximum atomic E-state index is 12.6. The number of nitrogens with zero attached hydrogens (tertiary/aromatic N) is 1. The fourth-order valence-corrected chi connectivity index (χ4v) is 2.83. The first-order valence-electron chi connectivity index (χ1n) is 8.65. The zero-order valence-corrected chi connectivity index (χ0v) is 15.2. The lowest BCUT2D eigenvalue weighted by atomic mass is 10.0. The van der Waals surface area contributed by atoms with Gasteiger partial charge in [-0.2, -0.15) is 0 Å². The third-order valence-corrected chi connectivity index (χ3v) is 4.19. The van der Waals surface area contributed by atoms with E-state index in [4.69, 9.17) is 4.74 Å². The molecule has 26 heavy (non-hydrogen) atoms. The number of carbonyl (C=O) groups is 2. The molecule has 2 amide bonds. The van der Waals surface area contributed by atoms with Gasteiger partial charge in [0, 0.05) is 12.7 Å². The molecule has 5 heteroatoms. The summed E-state index contributed by atoms with van der Waals surface area (Å²) in [5.41, 5.74) is 3.20. The summed E-state index contributed by atoms with van der Waals surface area (Å²) in [4.78, 5) is 26.3. The summed E-state index contributed by atoms with van der Waals surface area (Å²) in [6.45, 7) is 4.66. The van der Waals surface area contributed by atoms with Crippen molar-refractivity contribution >= 4 is 23.1 Å². The van der Waals surface area contributed by atoms with Crippen LogP contribution in [0.5, 0.6) is 5.75 Å². The Kier molecular flexibility index (Phi) is 5.07. The van der Waals surface area contributed by atoms with Gasteiger partial charge in [0.15, 0.2) is 0 Å². The number of anilines is 1. The van der Waals surface area contributed by atoms with Crippen molar-refractivity contribution in [3.63, 3.8) is 0 Å². The van der Waals surface area contributed by atoms with E-state index in [1.54, 1.807) is 0 Å². The van der Waals surface area contributed by atoms with Crippen LogP contribution < -0.4 is 10.1 Å². The predicted octanol–water partition coefficient (Wildman–Crippen LogP) is 3.61. The van der Waals surface area contributed by atoms with E-state index in [0.717, 1.165) is 28.3 Å². The lowest BCUT2D eigenvalue weighted by Crippen LogP contribution is -2.27. The van der Waals surface area contributed by atoms with E-state index in [9.17, 15) is 9.59 Å². The Bertz CT molecular complexity index is 869. The minimum Gasteiger partial charge on any atom is -0.494 e. The van der Waals surface area contributed by atoms with E-state index in [1.807, 2.05) is 62.4 Å². The molecule has 0 saturated heterocycles. The van der Waals surface area contributed by atoms with Crippen LogP contribution in [0.25, 0.3) is 5.57 Å². The molecule has 1 aliphatic heterocycles. The van der Waals surface area contributed by atoms with E-state index in [-0.39, 0.29) is 11.8 Å². The van der Waals surface area contributed by atoms with Gasteiger partial charge in [-0.15, -0.1) is 0 Å². The van der Waals surface area contributed by atoms with Crippen molar-refractivity contribution < 1.29 is 14.3 Å². The van der Waals surface area contributed by atoms with Crippen molar-refractivity contribution in [2.45, 2.75) is 20.3 Å². The summed E-state index contributed by atoms with van der Waals surface area (Å²) in [6, 6.07) is 14.9. The molecule has 0 unspecified atom stereocenters. The predicted molar refractivity (Wildman–Crippen MR) is 102 cm³/mol. The van der Waals surface area contributed by atoms with Gasteiger partial charge in [0.1, 0.15) is 11.4 Å². The number of imide groups is 1. The van der Waals surface area contributed by atoms with Gasteiger partial charge >= 0.3 is 0 Å². The van der Waals surface area contributed by atoms with Gasteiger partial charge in [-0.1, -0.05) is 31.2 Å². The second kappa shape index (κ2) is 7.44. The fraction of sp³-hybridized carbons (Fsp3) is 0.238. The van der Waals surface area contributed by atoms with E-state index in [2.05, 4.69) is 5.32 Å². The van der Waals surface area contributed by atoms with E-state index >= 15 is 0 Å². The zero-order chi connectivity index (χ0) is 18.7. The summed E-state index contributed by atoms with van der Waals surface area (Å²) in [5, 5.41) is 3.13. The number of likely N-dealkylation sites (N-methyl/N-ethyl adjacent to an activating group) is 1. The van der Waals surface area contributed by atoms with Crippen LogP contribution >= 0.6 is 0 Å². The highest BCUT2D eigenvalue weighted by Gasteiger charge is 2.36. The Morgan fingerprint density at radius 3 is 2.42 bits per heavy atom. The van der Waals surface area contributed by atoms with Crippen LogP contribution in [0.4, 0.5) is 5.69 Å². The van der Waals surface area contributed by atoms with Crippen molar-refractivity contribution in [2.24, 2.45) is 0 Å². The summed E-state index contributed by atoms with van der Waals surface area (Å²) < 4.78 is 5.58. The van der Waals surface area contributed by atoms with E-state index < -0.39 is 0 Å². The van der Waals surface area contributed by atoms with Crippen LogP contribution in [0.1, 0.15) is 24.5 Å². The second-order valence-electron chi connectivity index (χ2n) is 6.29. The normalized spacial score (nSPS) is 14.2. The summed E-state index contributed by atoms with van der Waals surface area (Å²) in [7, 11) is 1.49. The molecule has 134 valence electrons. The molecule has 1 heterocycles. The molecular formula is C21H22N2O3. The van der Waals surface area contributed by atoms with Gasteiger partial charge in [0.2, 0.25) is 0 Å². The van der Waals surface area contributed by atoms with E-state index in [0.29, 0.717) is 23.4 Å². The van der Waals surface area contributed by atoms with E-state index in [1.165, 1.54) is 7.05 Å². The quantitative estimate of drug-likeness (QED) is 0.809. The fourth-order valence-electron chi connectivity index (χ4n) is 2.83. The molecule has 0 aromatic heterocycles. The summed E-state index contributed by atoms with van der Waals surface area (Å²) in [5.74, 6) is 0.0970. The minimum absolute atomic E-state index is 0.297. The van der Waals surface area contributed by atoms with Crippen LogP contribution in [0, 0.1) is 6.92 Å². The van der Waals surface area contributed by atoms with Crippen molar-refractivity contribution in [1.29, 1.82) is 0 Å². The minimum atomic E-state index is -0.335. The van der Waals surface area contributed by atoms with Gasteiger partial charge in [0.05, 0.1) is 12.2 Å². The van der Waals surface area contributed by atoms with Crippen LogP contribution in [-0.4, -0.2) is 30.4 Å². The molecule has 2 aromatic rings. The maximum Gasteiger partial charge on any atom is 0.277 e. The SMILES string of the molecule is CCCOc1ccc(C2=C(Nc3cccc(C)c3)C(=O)N(C)C2=O)cc1. The molecule has 1 aliphatic rings. The first kappa shape index (κ1) is 17.7. The molecule has 0 spiro atoms. The molecule has 2 aromatic carbocycles. The average molecular weight is 350 g/mol. The van der Waals surface area contributed by atoms with Crippen molar-refractivity contribution in [2.75, 3.05) is 19.0 Å². The molecule has 0 fully saturated rings. The highest BCUT2D eigenvalue weighted by atomic mass is 16.5. The van der Waals surface area contributed by atoms with Crippen molar-refractivity contribution in [3.8, 4) is 5.75 Å². The number of ether oxygens (including phenoxy) is 1. The zero-order valence-electron chi connectivity index (χ0n) is 15.2. The van der Waals surface area contributed by atoms with Gasteiger partial charge in [-0.05, 0) is 48.7 Å². The Hall–Kier alpha value is -3.08. The van der Waals surface area contributed by atoms with Gasteiger partial charge in [0.25, 0.3) is 11.8 Å². The number of hydrogen-bond donors (Lipinski definition) is 1. The standard InChI is InChI=1S/C21H22N2O3/c1-4-12-26-17-10-8-15(9-11-17)18-19(21(25)23(3)20(18)24)22-16-7-5-6-14(2)13-16/h5-11,13,22H,4,12H2,1-3H3. The smallest absolute Gasteiger partial charge is 0.277 e. The van der Waals surface area contributed by atoms with Crippen LogP contribution in [0.2, 0.25) is 0 Å². The Morgan fingerprint density at radius 1 is 1.04 bits per heavy atom. The maximum absolute atomic E-state index is 12.6. The average Bonchev–Trinajstić information content (AvgIpc) is 2.85. The Morgan fingerprint density at radius 2 is 1.77 bits per heavy atom. The third kappa shape index (κ3) is 3.47. The summed E-state index contributed by atoms with van der Waals surface area (Å²) in [6.07, 6.45) is 0.926. The summed E-state index contributed by atoms with van der Waals surface area (Å²) >= 11 is 0. The highest BCUT2D eigenvalue weighted by molar-refractivity contribution is 6.36. The van der Waals surface area contributed by atoms with Crippen LogP contribution in [-0.2, 0) is 9.59 Å². The molecule has 1 N–H and O–H groups in total. The first-order chi connectivity index (χ1) is 12.5. The molecule has 0 saturated carbocycles. The second-order valence-corrected chi connectivity index (χ2v) is 6.29. The molecule has 5 nitrogen and oxygen atoms in total. The number of hydrogen-bond acceptors (Lipinski definition) is 4. The van der Waals surface area contributed by atoms with Crippen molar-refractivity contribution in [3.05, 3.63) is 65.4 Å². The van der Waals surface area contributed by atoms with Gasteiger partial charge in [-0.3, -0.25) is 14.5 Å². The van der Waals surface area contributed by atoms with Gasteiger partial charge < -0.3 is 10.1 Å². The number of nitrogens with one attached hydrogen (secondary N) is 1. The molecule has 0 radical (unpaired) electrons. The topological polar surface area (TPSA) is 58.6 Å². The Labute approximate surface area is 153 Å². The number of aryl methyl sites for hydroxylation is 1. The first-order valence-corrected chi connectivity index (χ1v) is 8.65. The number of rotatable bonds is 6. The third-order valence-electron chi connectivity index (χ3n) is 4.19. The molecule has 0 bridgehead atoms. The lowest BCUT2D eigenvalue weighted by molar-refractivity contribution is -0.135.